The molecule has 0 aliphatic carbocycles. The van der Waals surface area contributed by atoms with E-state index in [9.17, 15) is 0 Å². The molecule has 4 nitrogen and oxygen atoms in total. The van der Waals surface area contributed by atoms with Gasteiger partial charge >= 0.3 is 0 Å². The van der Waals surface area contributed by atoms with Gasteiger partial charge in [0.15, 0.2) is 17.5 Å². The van der Waals surface area contributed by atoms with Crippen LogP contribution in [0.1, 0.15) is 0 Å². The van der Waals surface area contributed by atoms with Crippen LogP contribution in [0.25, 0.3) is 122 Å². The Morgan fingerprint density at radius 3 is 1.64 bits per heavy atom. The van der Waals surface area contributed by atoms with Crippen molar-refractivity contribution in [1.82, 2.24) is 15.0 Å². The fourth-order valence-corrected chi connectivity index (χ4v) is 9.01. The van der Waals surface area contributed by atoms with Gasteiger partial charge in [-0.05, 0) is 90.0 Å². The Morgan fingerprint density at radius 1 is 0.279 bits per heavy atom. The molecule has 0 amide bonds. The van der Waals surface area contributed by atoms with Crippen molar-refractivity contribution in [3.05, 3.63) is 212 Å². The van der Waals surface area contributed by atoms with Crippen LogP contribution in [0, 0.1) is 0 Å². The van der Waals surface area contributed by atoms with Crippen LogP contribution >= 0.6 is 0 Å². The van der Waals surface area contributed by atoms with Gasteiger partial charge in [0.2, 0.25) is 0 Å². The summed E-state index contributed by atoms with van der Waals surface area (Å²) in [6.45, 7) is 0. The highest BCUT2D eigenvalue weighted by Crippen LogP contribution is 2.42. The maximum Gasteiger partial charge on any atom is 0.167 e. The third-order valence-electron chi connectivity index (χ3n) is 11.9. The molecule has 0 saturated carbocycles. The van der Waals surface area contributed by atoms with Gasteiger partial charge in [0.1, 0.15) is 11.2 Å². The monoisotopic (exact) mass is 777 g/mol. The van der Waals surface area contributed by atoms with Crippen molar-refractivity contribution in [2.45, 2.75) is 0 Å². The minimum absolute atomic E-state index is 0.546. The van der Waals surface area contributed by atoms with Crippen molar-refractivity contribution in [2.24, 2.45) is 0 Å². The van der Waals surface area contributed by atoms with Crippen LogP contribution in [0.4, 0.5) is 0 Å². The van der Waals surface area contributed by atoms with E-state index in [1.807, 2.05) is 18.2 Å². The van der Waals surface area contributed by atoms with Gasteiger partial charge in [-0.15, -0.1) is 0 Å². The predicted molar refractivity (Wildman–Crippen MR) is 252 cm³/mol. The van der Waals surface area contributed by atoms with E-state index in [1.165, 1.54) is 21.9 Å². The third-order valence-corrected chi connectivity index (χ3v) is 11.9. The van der Waals surface area contributed by atoms with E-state index in [4.69, 9.17) is 19.4 Å². The summed E-state index contributed by atoms with van der Waals surface area (Å²) >= 11 is 0. The molecule has 10 aromatic carbocycles. The topological polar surface area (TPSA) is 51.8 Å². The molecule has 0 radical (unpaired) electrons. The highest BCUT2D eigenvalue weighted by molar-refractivity contribution is 6.10. The second kappa shape index (κ2) is 14.3. The Hall–Kier alpha value is -8.21. The van der Waals surface area contributed by atoms with E-state index >= 15 is 0 Å². The fourth-order valence-electron chi connectivity index (χ4n) is 9.01. The average Bonchev–Trinajstić information content (AvgIpc) is 3.72. The highest BCUT2D eigenvalue weighted by atomic mass is 16.3. The molecule has 0 aliphatic rings. The van der Waals surface area contributed by atoms with Crippen LogP contribution in [-0.2, 0) is 0 Å². The van der Waals surface area contributed by atoms with E-state index in [2.05, 4.69) is 194 Å². The summed E-state index contributed by atoms with van der Waals surface area (Å²) in [5.41, 5.74) is 11.1. The summed E-state index contributed by atoms with van der Waals surface area (Å²) in [7, 11) is 0. The minimum atomic E-state index is 0.546. The van der Waals surface area contributed by atoms with Gasteiger partial charge in [0.05, 0.1) is 5.56 Å². The first-order valence-electron chi connectivity index (χ1n) is 20.6. The molecule has 12 aromatic rings. The molecule has 2 aromatic heterocycles. The van der Waals surface area contributed by atoms with Crippen molar-refractivity contribution < 1.29 is 4.42 Å². The van der Waals surface area contributed by atoms with E-state index in [0.717, 1.165) is 82.4 Å². The second-order valence-corrected chi connectivity index (χ2v) is 15.5. The Morgan fingerprint density at radius 2 is 0.803 bits per heavy atom. The van der Waals surface area contributed by atoms with Gasteiger partial charge in [-0.3, -0.25) is 0 Å². The number of aromatic nitrogens is 3. The summed E-state index contributed by atoms with van der Waals surface area (Å²) < 4.78 is 6.62. The lowest BCUT2D eigenvalue weighted by molar-refractivity contribution is 0.669. The zero-order valence-corrected chi connectivity index (χ0v) is 33.0. The highest BCUT2D eigenvalue weighted by Gasteiger charge is 2.22. The molecule has 0 spiro atoms. The van der Waals surface area contributed by atoms with Crippen LogP contribution < -0.4 is 0 Å². The second-order valence-electron chi connectivity index (χ2n) is 15.5. The Kier molecular flexibility index (Phi) is 8.13. The lowest BCUT2D eigenvalue weighted by Gasteiger charge is -2.16. The molecule has 284 valence electrons. The summed E-state index contributed by atoms with van der Waals surface area (Å²) in [6, 6.07) is 74.7. The van der Waals surface area contributed by atoms with Gasteiger partial charge < -0.3 is 4.42 Å². The smallest absolute Gasteiger partial charge is 0.167 e. The first-order valence-corrected chi connectivity index (χ1v) is 20.6. The number of nitrogens with zero attached hydrogens (tertiary/aromatic N) is 3. The van der Waals surface area contributed by atoms with E-state index in [1.54, 1.807) is 0 Å². The zero-order chi connectivity index (χ0) is 40.3. The molecule has 0 aliphatic heterocycles. The normalized spacial score (nSPS) is 11.6. The summed E-state index contributed by atoms with van der Waals surface area (Å²) in [4.78, 5) is 16.3. The standard InChI is InChI=1S/C57H35N3O/c1-2-14-36(15-3-1)40-20-10-21-41(34-40)42-31-30-39-19-12-27-49(51(39)35-42)55-58-56(50-28-13-26-48-46-24-8-9-29-52(46)61-54(48)50)60-57(59-55)53-44-23-7-5-17-38(44)32-33-47(53)45-25-11-18-37-16-4-6-22-43(37)45/h1-35H. The average molecular weight is 778 g/mol. The quantitative estimate of drug-likeness (QED) is 0.169. The fraction of sp³-hybridized carbons (Fsp3) is 0. The molecule has 2 heterocycles. The summed E-state index contributed by atoms with van der Waals surface area (Å²) in [6.07, 6.45) is 0. The SMILES string of the molecule is c1ccc(-c2cccc(-c3ccc4cccc(-c5nc(-c6c(-c7cccc8ccccc78)ccc7ccccc67)nc(-c6cccc7c6oc6ccccc67)n5)c4c3)c2)cc1. The predicted octanol–water partition coefficient (Wildman–Crippen LogP) is 15.2. The first-order chi connectivity index (χ1) is 30.2. The van der Waals surface area contributed by atoms with Crippen molar-refractivity contribution in [3.8, 4) is 67.5 Å². The Balaban J connectivity index is 1.13. The molecule has 12 rings (SSSR count). The van der Waals surface area contributed by atoms with Crippen molar-refractivity contribution in [3.63, 3.8) is 0 Å². The number of benzene rings is 10. The van der Waals surface area contributed by atoms with Crippen LogP contribution in [0.3, 0.4) is 0 Å². The molecular formula is C57H35N3O. The van der Waals surface area contributed by atoms with Crippen molar-refractivity contribution in [2.75, 3.05) is 0 Å². The van der Waals surface area contributed by atoms with Gasteiger partial charge in [-0.2, -0.15) is 0 Å². The molecule has 0 fully saturated rings. The number of furan rings is 1. The summed E-state index contributed by atoms with van der Waals surface area (Å²) in [5, 5.41) is 8.75. The molecule has 61 heavy (non-hydrogen) atoms. The van der Waals surface area contributed by atoms with Crippen molar-refractivity contribution in [1.29, 1.82) is 0 Å². The largest absolute Gasteiger partial charge is 0.455 e. The number of rotatable bonds is 6. The molecular weight excluding hydrogens is 743 g/mol. The molecule has 0 unspecified atom stereocenters. The number of fused-ring (bicyclic) bond motifs is 6. The minimum Gasteiger partial charge on any atom is -0.455 e. The van der Waals surface area contributed by atoms with Crippen molar-refractivity contribution >= 4 is 54.3 Å². The van der Waals surface area contributed by atoms with Crippen LogP contribution in [-0.4, -0.2) is 15.0 Å². The Labute approximate surface area is 352 Å². The van der Waals surface area contributed by atoms with Gasteiger partial charge in [0, 0.05) is 21.9 Å². The van der Waals surface area contributed by atoms with Crippen LogP contribution in [0.5, 0.6) is 0 Å². The van der Waals surface area contributed by atoms with Gasteiger partial charge in [-0.25, -0.2) is 15.0 Å². The molecule has 0 N–H and O–H groups in total. The van der Waals surface area contributed by atoms with Gasteiger partial charge in [-0.1, -0.05) is 188 Å². The lowest BCUT2D eigenvalue weighted by atomic mass is 9.90. The maximum atomic E-state index is 6.62. The van der Waals surface area contributed by atoms with Gasteiger partial charge in [0.25, 0.3) is 0 Å². The molecule has 0 bridgehead atoms. The third kappa shape index (κ3) is 5.96. The first kappa shape index (κ1) is 34.8. The molecule has 0 saturated heterocycles. The van der Waals surface area contributed by atoms with E-state index in [0.29, 0.717) is 17.5 Å². The number of hydrogen-bond acceptors (Lipinski definition) is 4. The number of para-hydroxylation sites is 2. The molecule has 0 atom stereocenters. The Bertz CT molecular complexity index is 3660. The maximum absolute atomic E-state index is 6.62. The lowest BCUT2D eigenvalue weighted by Crippen LogP contribution is -2.02. The van der Waals surface area contributed by atoms with Crippen LogP contribution in [0.15, 0.2) is 217 Å². The number of hydrogen-bond donors (Lipinski definition) is 0. The van der Waals surface area contributed by atoms with Crippen LogP contribution in [0.2, 0.25) is 0 Å². The van der Waals surface area contributed by atoms with E-state index in [-0.39, 0.29) is 0 Å². The zero-order valence-electron chi connectivity index (χ0n) is 33.0. The summed E-state index contributed by atoms with van der Waals surface area (Å²) in [5.74, 6) is 1.73. The molecule has 4 heteroatoms. The van der Waals surface area contributed by atoms with E-state index < -0.39 is 0 Å².